The van der Waals surface area contributed by atoms with E-state index in [0.29, 0.717) is 12.8 Å². The van der Waals surface area contributed by atoms with Gasteiger partial charge in [-0.25, -0.2) is 9.59 Å². The highest BCUT2D eigenvalue weighted by molar-refractivity contribution is 5.39. The Kier molecular flexibility index (Phi) is 7.43. The summed E-state index contributed by atoms with van der Waals surface area (Å²) in [5, 5.41) is 0. The SMILES string of the molecule is CCCCC(CCCC)(N=C=O)N=C=O. The van der Waals surface area contributed by atoms with Crippen LogP contribution in [0.15, 0.2) is 9.98 Å². The molecule has 0 atom stereocenters. The van der Waals surface area contributed by atoms with E-state index in [1.54, 1.807) is 0 Å². The van der Waals surface area contributed by atoms with E-state index >= 15 is 0 Å². The van der Waals surface area contributed by atoms with Gasteiger partial charge in [-0.05, 0) is 25.7 Å². The summed E-state index contributed by atoms with van der Waals surface area (Å²) in [5.41, 5.74) is -0.893. The van der Waals surface area contributed by atoms with Gasteiger partial charge in [-0.3, -0.25) is 0 Å². The van der Waals surface area contributed by atoms with Gasteiger partial charge in [0.25, 0.3) is 0 Å². The fourth-order valence-electron chi connectivity index (χ4n) is 1.46. The molecular formula is C11H18N2O2. The minimum atomic E-state index is -0.893. The van der Waals surface area contributed by atoms with E-state index < -0.39 is 5.66 Å². The van der Waals surface area contributed by atoms with Crippen LogP contribution in [0, 0.1) is 0 Å². The number of nitrogens with zero attached hydrogens (tertiary/aromatic N) is 2. The number of hydrogen-bond donors (Lipinski definition) is 0. The van der Waals surface area contributed by atoms with Crippen molar-refractivity contribution in [2.75, 3.05) is 0 Å². The summed E-state index contributed by atoms with van der Waals surface area (Å²) < 4.78 is 0. The van der Waals surface area contributed by atoms with Crippen LogP contribution in [0.25, 0.3) is 0 Å². The highest BCUT2D eigenvalue weighted by Crippen LogP contribution is 2.26. The van der Waals surface area contributed by atoms with Gasteiger partial charge in [0.05, 0.1) is 0 Å². The molecule has 0 aliphatic carbocycles. The zero-order valence-corrected chi connectivity index (χ0v) is 9.45. The van der Waals surface area contributed by atoms with Gasteiger partial charge in [-0.2, -0.15) is 9.98 Å². The van der Waals surface area contributed by atoms with Gasteiger partial charge < -0.3 is 0 Å². The average Bonchev–Trinajstić information content (AvgIpc) is 2.24. The molecule has 4 nitrogen and oxygen atoms in total. The second-order valence-electron chi connectivity index (χ2n) is 3.60. The van der Waals surface area contributed by atoms with Crippen LogP contribution < -0.4 is 0 Å². The smallest absolute Gasteiger partial charge is 0.211 e. The van der Waals surface area contributed by atoms with Crippen LogP contribution in [0.4, 0.5) is 0 Å². The molecule has 4 heteroatoms. The molecule has 0 aromatic rings. The lowest BCUT2D eigenvalue weighted by Crippen LogP contribution is -2.23. The lowest BCUT2D eigenvalue weighted by Gasteiger charge is -2.21. The summed E-state index contributed by atoms with van der Waals surface area (Å²) in [6.07, 6.45) is 8.01. The van der Waals surface area contributed by atoms with Gasteiger partial charge in [-0.15, -0.1) is 0 Å². The number of carbonyl (C=O) groups excluding carboxylic acids is 2. The topological polar surface area (TPSA) is 58.9 Å². The maximum Gasteiger partial charge on any atom is 0.237 e. The summed E-state index contributed by atoms with van der Waals surface area (Å²) in [7, 11) is 0. The van der Waals surface area contributed by atoms with E-state index in [9.17, 15) is 9.59 Å². The van der Waals surface area contributed by atoms with Gasteiger partial charge in [0.2, 0.25) is 12.2 Å². The van der Waals surface area contributed by atoms with Crippen LogP contribution in [-0.4, -0.2) is 17.8 Å². The van der Waals surface area contributed by atoms with Crippen LogP contribution in [0.2, 0.25) is 0 Å². The van der Waals surface area contributed by atoms with Crippen molar-refractivity contribution in [2.24, 2.45) is 9.98 Å². The molecule has 0 aliphatic heterocycles. The highest BCUT2D eigenvalue weighted by atomic mass is 16.1. The van der Waals surface area contributed by atoms with E-state index in [4.69, 9.17) is 0 Å². The zero-order valence-electron chi connectivity index (χ0n) is 9.45. The zero-order chi connectivity index (χ0) is 11.6. The molecule has 0 aliphatic rings. The molecule has 0 heterocycles. The third-order valence-electron chi connectivity index (χ3n) is 2.37. The molecule has 0 aromatic carbocycles. The monoisotopic (exact) mass is 210 g/mol. The molecule has 15 heavy (non-hydrogen) atoms. The first-order chi connectivity index (χ1) is 7.24. The number of unbranched alkanes of at least 4 members (excludes halogenated alkanes) is 2. The Morgan fingerprint density at radius 3 is 1.60 bits per heavy atom. The summed E-state index contributed by atoms with van der Waals surface area (Å²) in [4.78, 5) is 28.1. The predicted molar refractivity (Wildman–Crippen MR) is 58.0 cm³/mol. The Hall–Kier alpha value is -1.24. The van der Waals surface area contributed by atoms with E-state index in [1.165, 1.54) is 12.2 Å². The lowest BCUT2D eigenvalue weighted by molar-refractivity contribution is 0.357. The normalized spacial score (nSPS) is 10.3. The largest absolute Gasteiger partial charge is 0.237 e. The molecule has 0 rings (SSSR count). The molecule has 0 saturated carbocycles. The number of isocyanates is 2. The van der Waals surface area contributed by atoms with Crippen molar-refractivity contribution in [3.63, 3.8) is 0 Å². The van der Waals surface area contributed by atoms with E-state index in [-0.39, 0.29) is 0 Å². The summed E-state index contributed by atoms with van der Waals surface area (Å²) >= 11 is 0. The van der Waals surface area contributed by atoms with E-state index in [1.807, 2.05) is 13.8 Å². The van der Waals surface area contributed by atoms with Crippen molar-refractivity contribution in [1.29, 1.82) is 0 Å². The van der Waals surface area contributed by atoms with Crippen molar-refractivity contribution >= 4 is 12.2 Å². The lowest BCUT2D eigenvalue weighted by atomic mass is 9.97. The minimum absolute atomic E-state index is 0.619. The number of hydrogen-bond acceptors (Lipinski definition) is 4. The molecule has 0 fully saturated rings. The Bertz CT molecular complexity index is 236. The van der Waals surface area contributed by atoms with Crippen LogP contribution in [0.5, 0.6) is 0 Å². The summed E-state index contributed by atoms with van der Waals surface area (Å²) in [5.74, 6) is 0. The van der Waals surface area contributed by atoms with Gasteiger partial charge in [0.1, 0.15) is 0 Å². The predicted octanol–water partition coefficient (Wildman–Crippen LogP) is 2.73. The third-order valence-corrected chi connectivity index (χ3v) is 2.37. The van der Waals surface area contributed by atoms with Crippen molar-refractivity contribution in [3.05, 3.63) is 0 Å². The van der Waals surface area contributed by atoms with Crippen LogP contribution >= 0.6 is 0 Å². The maximum absolute atomic E-state index is 10.3. The molecule has 0 unspecified atom stereocenters. The van der Waals surface area contributed by atoms with Gasteiger partial charge in [0, 0.05) is 0 Å². The molecule has 0 amide bonds. The maximum atomic E-state index is 10.3. The Morgan fingerprint density at radius 1 is 0.933 bits per heavy atom. The summed E-state index contributed by atoms with van der Waals surface area (Å²) in [6, 6.07) is 0. The molecule has 0 saturated heterocycles. The Labute approximate surface area is 90.5 Å². The molecule has 0 aromatic heterocycles. The van der Waals surface area contributed by atoms with E-state index in [2.05, 4.69) is 9.98 Å². The van der Waals surface area contributed by atoms with E-state index in [0.717, 1.165) is 25.7 Å². The standard InChI is InChI=1S/C11H18N2O2/c1-3-5-7-11(12-9-14,13-10-15)8-6-4-2/h3-8H2,1-2H3. The van der Waals surface area contributed by atoms with Crippen molar-refractivity contribution < 1.29 is 9.59 Å². The van der Waals surface area contributed by atoms with Crippen molar-refractivity contribution in [3.8, 4) is 0 Å². The Morgan fingerprint density at radius 2 is 1.33 bits per heavy atom. The fourth-order valence-corrected chi connectivity index (χ4v) is 1.46. The number of rotatable bonds is 8. The second-order valence-corrected chi connectivity index (χ2v) is 3.60. The van der Waals surface area contributed by atoms with Gasteiger partial charge in [-0.1, -0.05) is 26.7 Å². The third kappa shape index (κ3) is 5.26. The molecule has 0 radical (unpaired) electrons. The van der Waals surface area contributed by atoms with Crippen molar-refractivity contribution in [1.82, 2.24) is 0 Å². The quantitative estimate of drug-likeness (QED) is 0.457. The van der Waals surface area contributed by atoms with Crippen LogP contribution in [0.1, 0.15) is 52.4 Å². The first-order valence-corrected chi connectivity index (χ1v) is 5.42. The molecule has 0 bridgehead atoms. The molecule has 84 valence electrons. The van der Waals surface area contributed by atoms with Gasteiger partial charge >= 0.3 is 0 Å². The first kappa shape index (κ1) is 13.8. The summed E-state index contributed by atoms with van der Waals surface area (Å²) in [6.45, 7) is 4.08. The van der Waals surface area contributed by atoms with Crippen molar-refractivity contribution in [2.45, 2.75) is 58.0 Å². The second kappa shape index (κ2) is 8.10. The fraction of sp³-hybridized carbons (Fsp3) is 0.818. The van der Waals surface area contributed by atoms with Crippen LogP contribution in [-0.2, 0) is 9.59 Å². The van der Waals surface area contributed by atoms with Gasteiger partial charge in [0.15, 0.2) is 5.66 Å². The van der Waals surface area contributed by atoms with Crippen LogP contribution in [0.3, 0.4) is 0 Å². The minimum Gasteiger partial charge on any atom is -0.211 e. The first-order valence-electron chi connectivity index (χ1n) is 5.42. The molecule has 0 spiro atoms. The highest BCUT2D eigenvalue weighted by Gasteiger charge is 2.27. The molecule has 0 N–H and O–H groups in total. The molecular weight excluding hydrogens is 192 g/mol. The average molecular weight is 210 g/mol. The Balaban J connectivity index is 4.70. The number of aliphatic imine (C=N–C) groups is 2.